The summed E-state index contributed by atoms with van der Waals surface area (Å²) >= 11 is 0. The first-order chi connectivity index (χ1) is 9.57. The number of nitrogens with one attached hydrogen (secondary N) is 1. The number of pyridine rings is 1. The maximum atomic E-state index is 12.2. The summed E-state index contributed by atoms with van der Waals surface area (Å²) < 4.78 is 5.16. The van der Waals surface area contributed by atoms with Crippen LogP contribution in [0.2, 0.25) is 0 Å². The zero-order chi connectivity index (χ0) is 14.6. The van der Waals surface area contributed by atoms with E-state index < -0.39 is 17.4 Å². The van der Waals surface area contributed by atoms with Crippen molar-refractivity contribution in [3.63, 3.8) is 0 Å². The quantitative estimate of drug-likeness (QED) is 0.709. The third-order valence-corrected chi connectivity index (χ3v) is 3.40. The fourth-order valence-electron chi connectivity index (χ4n) is 2.13. The van der Waals surface area contributed by atoms with Gasteiger partial charge in [-0.2, -0.15) is 0 Å². The minimum absolute atomic E-state index is 0.221. The van der Waals surface area contributed by atoms with Crippen molar-refractivity contribution in [2.75, 3.05) is 13.2 Å². The number of hydrogen-bond donors (Lipinski definition) is 3. The number of nitrogens with two attached hydrogens (primary N) is 1. The third kappa shape index (κ3) is 2.94. The maximum Gasteiger partial charge on any atom is 0.329 e. The van der Waals surface area contributed by atoms with Crippen molar-refractivity contribution in [1.29, 1.82) is 0 Å². The summed E-state index contributed by atoms with van der Waals surface area (Å²) in [5, 5.41) is 12.0. The highest BCUT2D eigenvalue weighted by Gasteiger charge is 2.41. The van der Waals surface area contributed by atoms with Crippen molar-refractivity contribution in [3.8, 4) is 0 Å². The summed E-state index contributed by atoms with van der Waals surface area (Å²) in [5.74, 6) is -1.48. The molecule has 1 fully saturated rings. The second-order valence-electron chi connectivity index (χ2n) is 4.69. The highest BCUT2D eigenvalue weighted by atomic mass is 16.5. The molecule has 108 valence electrons. The Balaban J connectivity index is 2.17. The Bertz CT molecular complexity index is 512. The van der Waals surface area contributed by atoms with Crippen LogP contribution in [0.25, 0.3) is 0 Å². The molecule has 0 aliphatic carbocycles. The van der Waals surface area contributed by atoms with Gasteiger partial charge in [0.15, 0.2) is 0 Å². The van der Waals surface area contributed by atoms with Gasteiger partial charge in [0.2, 0.25) is 0 Å². The lowest BCUT2D eigenvalue weighted by atomic mass is 9.89. The van der Waals surface area contributed by atoms with E-state index in [0.717, 1.165) is 0 Å². The second kappa shape index (κ2) is 5.98. The van der Waals surface area contributed by atoms with E-state index in [1.807, 2.05) is 0 Å². The smallest absolute Gasteiger partial charge is 0.329 e. The number of aromatic nitrogens is 1. The summed E-state index contributed by atoms with van der Waals surface area (Å²) in [5.41, 5.74) is 5.14. The molecule has 0 bridgehead atoms. The summed E-state index contributed by atoms with van der Waals surface area (Å²) in [7, 11) is 0. The molecule has 20 heavy (non-hydrogen) atoms. The zero-order valence-corrected chi connectivity index (χ0v) is 11.0. The minimum atomic E-state index is -1.26. The number of hydrogen-bond acceptors (Lipinski definition) is 5. The Hall–Kier alpha value is -1.99. The van der Waals surface area contributed by atoms with Crippen LogP contribution in [-0.4, -0.2) is 40.7 Å². The van der Waals surface area contributed by atoms with Gasteiger partial charge in [0.25, 0.3) is 5.91 Å². The fourth-order valence-corrected chi connectivity index (χ4v) is 2.13. The monoisotopic (exact) mass is 279 g/mol. The topological polar surface area (TPSA) is 115 Å². The van der Waals surface area contributed by atoms with Gasteiger partial charge < -0.3 is 20.9 Å². The predicted molar refractivity (Wildman–Crippen MR) is 70.0 cm³/mol. The van der Waals surface area contributed by atoms with Crippen molar-refractivity contribution in [1.82, 2.24) is 10.3 Å². The Kier molecular flexibility index (Phi) is 4.31. The van der Waals surface area contributed by atoms with Crippen LogP contribution in [-0.2, 0) is 16.1 Å². The summed E-state index contributed by atoms with van der Waals surface area (Å²) in [6.07, 6.45) is 1.99. The van der Waals surface area contributed by atoms with Gasteiger partial charge in [-0.05, 0) is 12.1 Å². The van der Waals surface area contributed by atoms with E-state index in [0.29, 0.717) is 24.5 Å². The molecule has 1 aromatic rings. The maximum absolute atomic E-state index is 12.2. The highest BCUT2D eigenvalue weighted by Crippen LogP contribution is 2.21. The van der Waals surface area contributed by atoms with Gasteiger partial charge in [-0.25, -0.2) is 4.79 Å². The molecule has 0 radical (unpaired) electrons. The first-order valence-corrected chi connectivity index (χ1v) is 6.36. The van der Waals surface area contributed by atoms with E-state index in [-0.39, 0.29) is 19.4 Å². The van der Waals surface area contributed by atoms with Gasteiger partial charge in [0.1, 0.15) is 5.54 Å². The molecule has 0 spiro atoms. The van der Waals surface area contributed by atoms with Crippen LogP contribution in [0.5, 0.6) is 0 Å². The van der Waals surface area contributed by atoms with Crippen molar-refractivity contribution in [3.05, 3.63) is 29.6 Å². The van der Waals surface area contributed by atoms with E-state index in [9.17, 15) is 14.7 Å². The molecule has 0 atom stereocenters. The first-order valence-electron chi connectivity index (χ1n) is 6.36. The molecule has 7 nitrogen and oxygen atoms in total. The lowest BCUT2D eigenvalue weighted by Crippen LogP contribution is -2.57. The molecule has 0 aromatic carbocycles. The Morgan fingerprint density at radius 1 is 1.45 bits per heavy atom. The Morgan fingerprint density at radius 2 is 2.15 bits per heavy atom. The van der Waals surface area contributed by atoms with Crippen molar-refractivity contribution in [2.24, 2.45) is 5.73 Å². The molecule has 4 N–H and O–H groups in total. The molecule has 2 rings (SSSR count). The van der Waals surface area contributed by atoms with E-state index in [1.165, 1.54) is 12.3 Å². The molecule has 7 heteroatoms. The van der Waals surface area contributed by atoms with E-state index in [1.54, 1.807) is 6.07 Å². The number of rotatable bonds is 4. The van der Waals surface area contributed by atoms with Gasteiger partial charge in [0, 0.05) is 44.4 Å². The third-order valence-electron chi connectivity index (χ3n) is 3.40. The Labute approximate surface area is 116 Å². The van der Waals surface area contributed by atoms with Gasteiger partial charge in [0.05, 0.1) is 5.69 Å². The molecular formula is C13H17N3O4. The number of carbonyl (C=O) groups is 2. The summed E-state index contributed by atoms with van der Waals surface area (Å²) in [6.45, 7) is 0.854. The minimum Gasteiger partial charge on any atom is -0.480 e. The van der Waals surface area contributed by atoms with Gasteiger partial charge in [-0.15, -0.1) is 0 Å². The SMILES string of the molecule is NCc1cc(C(=O)NC2(C(=O)O)CCOCC2)ccn1. The molecule has 0 unspecified atom stereocenters. The van der Waals surface area contributed by atoms with Gasteiger partial charge in [-0.1, -0.05) is 0 Å². The van der Waals surface area contributed by atoms with Crippen LogP contribution in [0.1, 0.15) is 28.9 Å². The standard InChI is InChI=1S/C13H17N3O4/c14-8-10-7-9(1-4-15-10)11(17)16-13(12(18)19)2-5-20-6-3-13/h1,4,7H,2-3,5-6,8,14H2,(H,16,17)(H,18,19). The van der Waals surface area contributed by atoms with E-state index >= 15 is 0 Å². The second-order valence-corrected chi connectivity index (χ2v) is 4.69. The molecule has 1 aliphatic rings. The van der Waals surface area contributed by atoms with Crippen molar-refractivity contribution >= 4 is 11.9 Å². The normalized spacial score (nSPS) is 17.4. The van der Waals surface area contributed by atoms with Crippen molar-refractivity contribution < 1.29 is 19.4 Å². The number of ether oxygens (including phenoxy) is 1. The van der Waals surface area contributed by atoms with Gasteiger partial charge >= 0.3 is 5.97 Å². The van der Waals surface area contributed by atoms with Gasteiger partial charge in [-0.3, -0.25) is 9.78 Å². The fraction of sp³-hybridized carbons (Fsp3) is 0.462. The molecule has 1 aromatic heterocycles. The van der Waals surface area contributed by atoms with Crippen LogP contribution < -0.4 is 11.1 Å². The van der Waals surface area contributed by atoms with E-state index in [4.69, 9.17) is 10.5 Å². The molecule has 2 heterocycles. The molecule has 1 amide bonds. The number of amides is 1. The predicted octanol–water partition coefficient (Wildman–Crippen LogP) is -0.0961. The average Bonchev–Trinajstić information content (AvgIpc) is 2.48. The number of carbonyl (C=O) groups excluding carboxylic acids is 1. The zero-order valence-electron chi connectivity index (χ0n) is 11.0. The molecular weight excluding hydrogens is 262 g/mol. The number of nitrogens with zero attached hydrogens (tertiary/aromatic N) is 1. The van der Waals surface area contributed by atoms with E-state index in [2.05, 4.69) is 10.3 Å². The number of carboxylic acid groups (broad SMARTS) is 1. The molecule has 0 saturated carbocycles. The van der Waals surface area contributed by atoms with Crippen LogP contribution in [0.4, 0.5) is 0 Å². The van der Waals surface area contributed by atoms with Crippen LogP contribution in [0, 0.1) is 0 Å². The number of aliphatic carboxylic acids is 1. The lowest BCUT2D eigenvalue weighted by molar-refractivity contribution is -0.148. The summed E-state index contributed by atoms with van der Waals surface area (Å²) in [4.78, 5) is 27.7. The van der Waals surface area contributed by atoms with Crippen LogP contribution in [0.3, 0.4) is 0 Å². The molecule has 1 aliphatic heterocycles. The van der Waals surface area contributed by atoms with Crippen LogP contribution >= 0.6 is 0 Å². The Morgan fingerprint density at radius 3 is 2.75 bits per heavy atom. The average molecular weight is 279 g/mol. The van der Waals surface area contributed by atoms with Crippen LogP contribution in [0.15, 0.2) is 18.3 Å². The summed E-state index contributed by atoms with van der Waals surface area (Å²) in [6, 6.07) is 3.09. The lowest BCUT2D eigenvalue weighted by Gasteiger charge is -2.33. The molecule has 1 saturated heterocycles. The number of carboxylic acids is 1. The largest absolute Gasteiger partial charge is 0.480 e. The first kappa shape index (κ1) is 14.4. The highest BCUT2D eigenvalue weighted by molar-refractivity contribution is 5.97. The van der Waals surface area contributed by atoms with Crippen molar-refractivity contribution in [2.45, 2.75) is 24.9 Å².